The maximum Gasteiger partial charge on any atom is 0.0610 e. The molecule has 3 unspecified atom stereocenters. The summed E-state index contributed by atoms with van der Waals surface area (Å²) in [6.07, 6.45) is 5.12. The Kier molecular flexibility index (Phi) is 4.28. The molecule has 3 atom stereocenters. The lowest BCUT2D eigenvalue weighted by Gasteiger charge is -2.38. The smallest absolute Gasteiger partial charge is 0.0610 e. The van der Waals surface area contributed by atoms with Gasteiger partial charge in [-0.05, 0) is 56.3 Å². The second kappa shape index (κ2) is 5.84. The molecule has 2 nitrogen and oxygen atoms in total. The number of piperidine rings is 1. The Morgan fingerprint density at radius 3 is 2.50 bits per heavy atom. The molecule has 3 rings (SSSR count). The Balaban J connectivity index is 1.66. The van der Waals surface area contributed by atoms with Gasteiger partial charge in [-0.3, -0.25) is 0 Å². The van der Waals surface area contributed by atoms with Crippen LogP contribution in [0.1, 0.15) is 31.2 Å². The molecule has 0 aliphatic carbocycles. The minimum atomic E-state index is -0.300. The van der Waals surface area contributed by atoms with Gasteiger partial charge in [0.2, 0.25) is 0 Å². The number of hydrogen-bond acceptors (Lipinski definition) is 2. The molecule has 1 N–H and O–H groups in total. The Morgan fingerprint density at radius 1 is 1.25 bits per heavy atom. The van der Waals surface area contributed by atoms with E-state index in [0.717, 1.165) is 18.4 Å². The summed E-state index contributed by atoms with van der Waals surface area (Å²) in [7, 11) is 2.22. The third-order valence-electron chi connectivity index (χ3n) is 5.12. The average molecular weight is 314 g/mol. The molecule has 20 heavy (non-hydrogen) atoms. The van der Waals surface area contributed by atoms with E-state index < -0.39 is 0 Å². The van der Waals surface area contributed by atoms with E-state index in [2.05, 4.69) is 11.9 Å². The van der Waals surface area contributed by atoms with Crippen LogP contribution in [0, 0.1) is 5.92 Å². The van der Waals surface area contributed by atoms with Gasteiger partial charge >= 0.3 is 0 Å². The minimum Gasteiger partial charge on any atom is -0.392 e. The van der Waals surface area contributed by atoms with Crippen LogP contribution in [0.25, 0.3) is 0 Å². The van der Waals surface area contributed by atoms with Crippen molar-refractivity contribution in [1.82, 2.24) is 4.90 Å². The summed E-state index contributed by atoms with van der Waals surface area (Å²) in [6.45, 7) is 0. The van der Waals surface area contributed by atoms with Crippen molar-refractivity contribution in [2.45, 2.75) is 50.3 Å². The predicted octanol–water partition coefficient (Wildman–Crippen LogP) is 3.77. The first kappa shape index (κ1) is 14.6. The van der Waals surface area contributed by atoms with Crippen LogP contribution in [0.2, 0.25) is 10.0 Å². The standard InChI is InChI=1S/C16H21Cl2NO/c1-19-13-4-5-14(19)7-11(6-13)16(20)8-10-2-3-12(17)9-15(10)18/h2-3,9,11,13-14,16,20H,4-8H2,1H3. The van der Waals surface area contributed by atoms with E-state index in [9.17, 15) is 5.11 Å². The summed E-state index contributed by atoms with van der Waals surface area (Å²) in [5, 5.41) is 11.9. The van der Waals surface area contributed by atoms with Crippen LogP contribution in [0.3, 0.4) is 0 Å². The number of nitrogens with zero attached hydrogens (tertiary/aromatic N) is 1. The van der Waals surface area contributed by atoms with Crippen molar-refractivity contribution < 1.29 is 5.11 Å². The molecule has 2 aliphatic heterocycles. The van der Waals surface area contributed by atoms with Crippen molar-refractivity contribution in [2.24, 2.45) is 5.92 Å². The largest absolute Gasteiger partial charge is 0.392 e. The molecule has 1 aromatic rings. The highest BCUT2D eigenvalue weighted by atomic mass is 35.5. The van der Waals surface area contributed by atoms with Crippen LogP contribution in [-0.4, -0.2) is 35.2 Å². The van der Waals surface area contributed by atoms with Crippen LogP contribution in [0.5, 0.6) is 0 Å². The molecule has 0 amide bonds. The van der Waals surface area contributed by atoms with Gasteiger partial charge in [-0.1, -0.05) is 29.3 Å². The number of rotatable bonds is 3. The summed E-state index contributed by atoms with van der Waals surface area (Å²) in [5.74, 6) is 0.399. The Labute approximate surface area is 130 Å². The summed E-state index contributed by atoms with van der Waals surface area (Å²) in [5.41, 5.74) is 0.995. The van der Waals surface area contributed by atoms with Crippen LogP contribution in [0.4, 0.5) is 0 Å². The molecule has 110 valence electrons. The fraction of sp³-hybridized carbons (Fsp3) is 0.625. The predicted molar refractivity (Wildman–Crippen MR) is 83.5 cm³/mol. The van der Waals surface area contributed by atoms with E-state index in [-0.39, 0.29) is 6.10 Å². The molecule has 2 fully saturated rings. The normalized spacial score (nSPS) is 31.5. The molecule has 2 bridgehead atoms. The zero-order chi connectivity index (χ0) is 14.3. The zero-order valence-electron chi connectivity index (χ0n) is 11.7. The number of aliphatic hydroxyl groups excluding tert-OH is 1. The van der Waals surface area contributed by atoms with E-state index in [4.69, 9.17) is 23.2 Å². The van der Waals surface area contributed by atoms with Crippen LogP contribution < -0.4 is 0 Å². The number of benzene rings is 1. The highest BCUT2D eigenvalue weighted by Gasteiger charge is 2.40. The first-order chi connectivity index (χ1) is 9.54. The zero-order valence-corrected chi connectivity index (χ0v) is 13.2. The van der Waals surface area contributed by atoms with Gasteiger partial charge in [0.25, 0.3) is 0 Å². The molecule has 0 saturated carbocycles. The third kappa shape index (κ3) is 2.85. The number of aliphatic hydroxyl groups is 1. The van der Waals surface area contributed by atoms with Gasteiger partial charge < -0.3 is 10.0 Å². The summed E-state index contributed by atoms with van der Waals surface area (Å²) >= 11 is 12.1. The molecule has 4 heteroatoms. The highest BCUT2D eigenvalue weighted by molar-refractivity contribution is 6.35. The topological polar surface area (TPSA) is 23.5 Å². The number of hydrogen-bond donors (Lipinski definition) is 1. The highest BCUT2D eigenvalue weighted by Crippen LogP contribution is 2.39. The van der Waals surface area contributed by atoms with Crippen molar-refractivity contribution in [2.75, 3.05) is 7.05 Å². The molecule has 2 heterocycles. The molecule has 1 aromatic carbocycles. The molecular formula is C16H21Cl2NO. The Bertz CT molecular complexity index is 479. The average Bonchev–Trinajstić information content (AvgIpc) is 2.64. The monoisotopic (exact) mass is 313 g/mol. The lowest BCUT2D eigenvalue weighted by molar-refractivity contribution is 0.0368. The van der Waals surface area contributed by atoms with Crippen LogP contribution in [0.15, 0.2) is 18.2 Å². The van der Waals surface area contributed by atoms with Gasteiger partial charge in [0.15, 0.2) is 0 Å². The van der Waals surface area contributed by atoms with E-state index in [1.807, 2.05) is 12.1 Å². The lowest BCUT2D eigenvalue weighted by atomic mass is 9.84. The molecule has 2 aliphatic rings. The quantitative estimate of drug-likeness (QED) is 0.918. The van der Waals surface area contributed by atoms with Gasteiger partial charge in [0.1, 0.15) is 0 Å². The minimum absolute atomic E-state index is 0.300. The number of halogens is 2. The summed E-state index contributed by atoms with van der Waals surface area (Å²) < 4.78 is 0. The lowest BCUT2D eigenvalue weighted by Crippen LogP contribution is -2.43. The first-order valence-electron chi connectivity index (χ1n) is 7.38. The fourth-order valence-electron chi connectivity index (χ4n) is 3.85. The van der Waals surface area contributed by atoms with Gasteiger partial charge in [-0.15, -0.1) is 0 Å². The summed E-state index contributed by atoms with van der Waals surface area (Å²) in [6, 6.07) is 6.84. The fourth-order valence-corrected chi connectivity index (χ4v) is 4.33. The molecule has 0 radical (unpaired) electrons. The van der Waals surface area contributed by atoms with Gasteiger partial charge in [0, 0.05) is 28.5 Å². The van der Waals surface area contributed by atoms with Crippen molar-refractivity contribution >= 4 is 23.2 Å². The molecule has 2 saturated heterocycles. The van der Waals surface area contributed by atoms with Crippen molar-refractivity contribution in [3.63, 3.8) is 0 Å². The maximum atomic E-state index is 10.6. The van der Waals surface area contributed by atoms with E-state index >= 15 is 0 Å². The van der Waals surface area contributed by atoms with Crippen LogP contribution >= 0.6 is 23.2 Å². The van der Waals surface area contributed by atoms with E-state index in [1.165, 1.54) is 12.8 Å². The second-order valence-electron chi connectivity index (χ2n) is 6.29. The molecular weight excluding hydrogens is 293 g/mol. The van der Waals surface area contributed by atoms with Gasteiger partial charge in [-0.2, -0.15) is 0 Å². The van der Waals surface area contributed by atoms with Gasteiger partial charge in [-0.25, -0.2) is 0 Å². The van der Waals surface area contributed by atoms with Crippen molar-refractivity contribution in [3.05, 3.63) is 33.8 Å². The van der Waals surface area contributed by atoms with Crippen molar-refractivity contribution in [1.29, 1.82) is 0 Å². The van der Waals surface area contributed by atoms with E-state index in [1.54, 1.807) is 6.07 Å². The molecule has 0 spiro atoms. The summed E-state index contributed by atoms with van der Waals surface area (Å²) in [4.78, 5) is 2.50. The third-order valence-corrected chi connectivity index (χ3v) is 5.71. The Morgan fingerprint density at radius 2 is 1.90 bits per heavy atom. The van der Waals surface area contributed by atoms with Crippen LogP contribution in [-0.2, 0) is 6.42 Å². The second-order valence-corrected chi connectivity index (χ2v) is 7.13. The maximum absolute atomic E-state index is 10.6. The van der Waals surface area contributed by atoms with Crippen molar-refractivity contribution in [3.8, 4) is 0 Å². The SMILES string of the molecule is CN1C2CCC1CC(C(O)Cc1ccc(Cl)cc1Cl)C2. The van der Waals surface area contributed by atoms with Gasteiger partial charge in [0.05, 0.1) is 6.10 Å². The first-order valence-corrected chi connectivity index (χ1v) is 8.14. The van der Waals surface area contributed by atoms with E-state index in [0.29, 0.717) is 34.5 Å². The Hall–Kier alpha value is -0.280. The molecule has 0 aromatic heterocycles. The number of fused-ring (bicyclic) bond motifs is 2.